The van der Waals surface area contributed by atoms with Gasteiger partial charge in [0, 0.05) is 37.3 Å². The van der Waals surface area contributed by atoms with Crippen molar-refractivity contribution < 1.29 is 38.4 Å². The molecule has 2 atom stereocenters. The Kier molecular flexibility index (Phi) is 7.87. The number of rotatable bonds is 10. The van der Waals surface area contributed by atoms with Gasteiger partial charge in [0.1, 0.15) is 12.1 Å². The van der Waals surface area contributed by atoms with E-state index in [2.05, 4.69) is 21.3 Å². The summed E-state index contributed by atoms with van der Waals surface area (Å²) < 4.78 is 0. The molecule has 8 amide bonds. The molecule has 4 N–H and O–H groups in total. The number of hydrogen-bond acceptors (Lipinski definition) is 10. The lowest BCUT2D eigenvalue weighted by atomic mass is 10.0. The van der Waals surface area contributed by atoms with Gasteiger partial charge in [0.2, 0.25) is 23.6 Å². The highest BCUT2D eigenvalue weighted by atomic mass is 16.2. The zero-order chi connectivity index (χ0) is 31.8. The van der Waals surface area contributed by atoms with Crippen LogP contribution in [-0.2, 0) is 19.2 Å². The van der Waals surface area contributed by atoms with Crippen molar-refractivity contribution in [3.63, 3.8) is 0 Å². The minimum atomic E-state index is -1.03. The zero-order valence-electron chi connectivity index (χ0n) is 24.1. The molecule has 0 aliphatic carbocycles. The predicted molar refractivity (Wildman–Crippen MR) is 157 cm³/mol. The first-order valence-corrected chi connectivity index (χ1v) is 14.8. The first kappa shape index (κ1) is 29.7. The Morgan fingerprint density at radius 3 is 1.40 bits per heavy atom. The van der Waals surface area contributed by atoms with E-state index < -0.39 is 59.3 Å². The van der Waals surface area contributed by atoms with Crippen LogP contribution in [0.15, 0.2) is 36.4 Å². The minimum Gasteiger partial charge on any atom is -0.384 e. The van der Waals surface area contributed by atoms with Gasteiger partial charge in [0.05, 0.1) is 22.3 Å². The van der Waals surface area contributed by atoms with Crippen LogP contribution >= 0.6 is 0 Å². The SMILES string of the molecule is O=C1CCC(N2C(=O)c3cccc(NCCCCCNc4cccc5c4C(=O)N(C4CCC(=O)NC4=O)C5=O)c3C2=O)C(=O)N1. The number of nitrogens with one attached hydrogen (secondary N) is 4. The van der Waals surface area contributed by atoms with Crippen LogP contribution < -0.4 is 21.3 Å². The molecular formula is C31H30N6O8. The molecule has 0 saturated carbocycles. The molecule has 2 aromatic carbocycles. The summed E-state index contributed by atoms with van der Waals surface area (Å²) in [6, 6.07) is 7.75. The van der Waals surface area contributed by atoms with Crippen LogP contribution in [0.25, 0.3) is 0 Å². The van der Waals surface area contributed by atoms with Crippen molar-refractivity contribution in [1.29, 1.82) is 0 Å². The van der Waals surface area contributed by atoms with E-state index in [1.54, 1.807) is 36.4 Å². The van der Waals surface area contributed by atoms with Gasteiger partial charge in [0.15, 0.2) is 0 Å². The fourth-order valence-corrected chi connectivity index (χ4v) is 6.20. The second-order valence-electron chi connectivity index (χ2n) is 11.3. The van der Waals surface area contributed by atoms with E-state index in [9.17, 15) is 38.4 Å². The van der Waals surface area contributed by atoms with Gasteiger partial charge in [0.25, 0.3) is 23.6 Å². The van der Waals surface area contributed by atoms with Crippen molar-refractivity contribution in [2.45, 2.75) is 57.0 Å². The number of fused-ring (bicyclic) bond motifs is 2. The van der Waals surface area contributed by atoms with Crippen LogP contribution in [0.1, 0.15) is 86.4 Å². The molecule has 4 aliphatic heterocycles. The molecular weight excluding hydrogens is 584 g/mol. The molecule has 14 heteroatoms. The van der Waals surface area contributed by atoms with Crippen molar-refractivity contribution in [2.24, 2.45) is 0 Å². The lowest BCUT2D eigenvalue weighted by Crippen LogP contribution is -2.54. The molecule has 2 unspecified atom stereocenters. The molecule has 0 bridgehead atoms. The van der Waals surface area contributed by atoms with Crippen molar-refractivity contribution in [3.8, 4) is 0 Å². The molecule has 232 valence electrons. The zero-order valence-corrected chi connectivity index (χ0v) is 24.1. The third-order valence-electron chi connectivity index (χ3n) is 8.42. The van der Waals surface area contributed by atoms with Crippen LogP contribution in [0.2, 0.25) is 0 Å². The van der Waals surface area contributed by atoms with E-state index >= 15 is 0 Å². The number of nitrogens with zero attached hydrogens (tertiary/aromatic N) is 2. The molecule has 2 aromatic rings. The fourth-order valence-electron chi connectivity index (χ4n) is 6.20. The van der Waals surface area contributed by atoms with Crippen LogP contribution in [0.3, 0.4) is 0 Å². The summed E-state index contributed by atoms with van der Waals surface area (Å²) in [4.78, 5) is 102. The first-order chi connectivity index (χ1) is 21.7. The van der Waals surface area contributed by atoms with Gasteiger partial charge in [-0.15, -0.1) is 0 Å². The highest BCUT2D eigenvalue weighted by Gasteiger charge is 2.47. The summed E-state index contributed by atoms with van der Waals surface area (Å²) in [5.41, 5.74) is 1.80. The third kappa shape index (κ3) is 5.32. The molecule has 0 radical (unpaired) electrons. The molecule has 4 aliphatic rings. The number of anilines is 2. The third-order valence-corrected chi connectivity index (χ3v) is 8.42. The van der Waals surface area contributed by atoms with Crippen LogP contribution in [0.5, 0.6) is 0 Å². The number of piperidine rings is 2. The normalized spacial score (nSPS) is 21.2. The van der Waals surface area contributed by atoms with E-state index in [-0.39, 0.29) is 47.9 Å². The topological polar surface area (TPSA) is 191 Å². The van der Waals surface area contributed by atoms with E-state index in [1.807, 2.05) is 0 Å². The lowest BCUT2D eigenvalue weighted by molar-refractivity contribution is -0.137. The second kappa shape index (κ2) is 11.9. The Hall–Kier alpha value is -5.40. The predicted octanol–water partition coefficient (Wildman–Crippen LogP) is 1.18. The van der Waals surface area contributed by atoms with E-state index in [0.29, 0.717) is 24.5 Å². The van der Waals surface area contributed by atoms with Crippen molar-refractivity contribution >= 4 is 58.6 Å². The summed E-state index contributed by atoms with van der Waals surface area (Å²) in [5.74, 6) is -4.46. The summed E-state index contributed by atoms with van der Waals surface area (Å²) >= 11 is 0. The number of carbonyl (C=O) groups is 8. The number of hydrogen-bond donors (Lipinski definition) is 4. The average molecular weight is 615 g/mol. The van der Waals surface area contributed by atoms with Crippen molar-refractivity contribution in [3.05, 3.63) is 58.7 Å². The summed E-state index contributed by atoms with van der Waals surface area (Å²) in [5, 5.41) is 10.8. The Morgan fingerprint density at radius 2 is 1.00 bits per heavy atom. The number of imide groups is 4. The number of carbonyl (C=O) groups excluding carboxylic acids is 8. The second-order valence-corrected chi connectivity index (χ2v) is 11.3. The maximum atomic E-state index is 13.2. The fraction of sp³-hybridized carbons (Fsp3) is 0.355. The first-order valence-electron chi connectivity index (χ1n) is 14.8. The van der Waals surface area contributed by atoms with Gasteiger partial charge in [-0.05, 0) is 56.4 Å². The highest BCUT2D eigenvalue weighted by molar-refractivity contribution is 6.26. The Morgan fingerprint density at radius 1 is 0.578 bits per heavy atom. The van der Waals surface area contributed by atoms with Crippen LogP contribution in [0.4, 0.5) is 11.4 Å². The van der Waals surface area contributed by atoms with Gasteiger partial charge < -0.3 is 10.6 Å². The molecule has 6 rings (SSSR count). The van der Waals surface area contributed by atoms with E-state index in [1.165, 1.54) is 0 Å². The van der Waals surface area contributed by atoms with Gasteiger partial charge in [-0.2, -0.15) is 0 Å². The number of amides is 8. The summed E-state index contributed by atoms with van der Waals surface area (Å²) in [6.45, 7) is 1.01. The monoisotopic (exact) mass is 614 g/mol. The largest absolute Gasteiger partial charge is 0.384 e. The molecule has 0 spiro atoms. The number of benzene rings is 2. The molecule has 4 heterocycles. The summed E-state index contributed by atoms with van der Waals surface area (Å²) in [6.07, 6.45) is 2.48. The van der Waals surface area contributed by atoms with Gasteiger partial charge in [-0.3, -0.25) is 58.8 Å². The summed E-state index contributed by atoms with van der Waals surface area (Å²) in [7, 11) is 0. The Labute approximate surface area is 256 Å². The van der Waals surface area contributed by atoms with Gasteiger partial charge >= 0.3 is 0 Å². The average Bonchev–Trinajstić information content (AvgIpc) is 3.42. The smallest absolute Gasteiger partial charge is 0.264 e. The quantitative estimate of drug-likeness (QED) is 0.223. The van der Waals surface area contributed by atoms with Crippen molar-refractivity contribution in [1.82, 2.24) is 20.4 Å². The molecule has 45 heavy (non-hydrogen) atoms. The van der Waals surface area contributed by atoms with Crippen LogP contribution in [0, 0.1) is 0 Å². The van der Waals surface area contributed by atoms with Crippen molar-refractivity contribution in [2.75, 3.05) is 23.7 Å². The minimum absolute atomic E-state index is 0.0474. The maximum absolute atomic E-state index is 13.2. The highest BCUT2D eigenvalue weighted by Crippen LogP contribution is 2.34. The molecule has 0 aromatic heterocycles. The van der Waals surface area contributed by atoms with Gasteiger partial charge in [-0.1, -0.05) is 12.1 Å². The van der Waals surface area contributed by atoms with Crippen LogP contribution in [-0.4, -0.2) is 82.2 Å². The maximum Gasteiger partial charge on any atom is 0.264 e. The van der Waals surface area contributed by atoms with E-state index in [4.69, 9.17) is 0 Å². The Balaban J connectivity index is 1.01. The molecule has 2 saturated heterocycles. The lowest BCUT2D eigenvalue weighted by Gasteiger charge is -2.27. The van der Waals surface area contributed by atoms with E-state index in [0.717, 1.165) is 29.1 Å². The van der Waals surface area contributed by atoms with Gasteiger partial charge in [-0.25, -0.2) is 0 Å². The number of unbranched alkanes of at least 4 members (excludes halogenated alkanes) is 2. The standard InChI is InChI=1S/C31H30N6O8/c38-22-12-10-20(26(40)34-22)36-28(42)16-6-4-8-18(24(16)30(36)44)32-14-2-1-3-15-33-19-9-5-7-17-25(19)31(45)37(29(17)43)21-11-13-23(39)35-27(21)41/h4-9,20-21,32-33H,1-3,10-15H2,(H,34,38,40)(H,35,39,41). The molecule has 14 nitrogen and oxygen atoms in total. The molecule has 2 fully saturated rings. The Bertz CT molecular complexity index is 1560.